The molecule has 8 heteroatoms. The van der Waals surface area contributed by atoms with Crippen molar-refractivity contribution in [1.29, 1.82) is 0 Å². The van der Waals surface area contributed by atoms with Crippen molar-refractivity contribution in [1.82, 2.24) is 15.5 Å². The maximum absolute atomic E-state index is 12.9. The molecule has 0 aromatic rings. The molecule has 2 atom stereocenters. The minimum absolute atomic E-state index is 0.152. The third-order valence-corrected chi connectivity index (χ3v) is 4.66. The molecule has 0 saturated heterocycles. The molecule has 0 spiro atoms. The van der Waals surface area contributed by atoms with Gasteiger partial charge in [-0.25, -0.2) is 4.79 Å². The lowest BCUT2D eigenvalue weighted by Crippen LogP contribution is -2.61. The summed E-state index contributed by atoms with van der Waals surface area (Å²) in [6.45, 7) is 9.01. The van der Waals surface area contributed by atoms with Gasteiger partial charge in [-0.05, 0) is 38.5 Å². The second-order valence-corrected chi connectivity index (χ2v) is 8.19. The van der Waals surface area contributed by atoms with Crippen molar-refractivity contribution in [2.45, 2.75) is 52.6 Å². The summed E-state index contributed by atoms with van der Waals surface area (Å²) in [6.07, 6.45) is 1.99. The van der Waals surface area contributed by atoms with Crippen molar-refractivity contribution < 1.29 is 19.5 Å². The summed E-state index contributed by atoms with van der Waals surface area (Å²) in [6, 6.07) is -0.744. The Morgan fingerprint density at radius 3 is 2.15 bits per heavy atom. The third kappa shape index (κ3) is 6.99. The Labute approximate surface area is 162 Å². The number of carboxylic acids is 1. The Bertz CT molecular complexity index is 557. The molecule has 7 nitrogen and oxygen atoms in total. The van der Waals surface area contributed by atoms with Crippen LogP contribution in [0, 0.1) is 5.41 Å². The summed E-state index contributed by atoms with van der Waals surface area (Å²) in [7, 11) is 3.28. The van der Waals surface area contributed by atoms with Crippen LogP contribution in [0.1, 0.15) is 41.0 Å². The zero-order valence-corrected chi connectivity index (χ0v) is 17.7. The van der Waals surface area contributed by atoms with Crippen LogP contribution in [-0.2, 0) is 14.4 Å². The standard InChI is InChI=1S/C18H33N3O4S/c1-12(15(23)24)8-10-21(7)14(22)13(17(2,3)4)20-16(25)18(5,19-6)9-11-26/h8,13,19,26H,9-11H2,1-7H3,(H,20,25)(H,23,24)/b12-8+. The first-order chi connectivity index (χ1) is 11.8. The van der Waals surface area contributed by atoms with E-state index in [1.54, 1.807) is 21.0 Å². The fourth-order valence-corrected chi connectivity index (χ4v) is 2.63. The zero-order chi connectivity index (χ0) is 20.7. The summed E-state index contributed by atoms with van der Waals surface area (Å²) < 4.78 is 0. The van der Waals surface area contributed by atoms with E-state index in [2.05, 4.69) is 23.3 Å². The molecule has 26 heavy (non-hydrogen) atoms. The summed E-state index contributed by atoms with van der Waals surface area (Å²) in [5.41, 5.74) is -1.18. The number of carboxylic acid groups (broad SMARTS) is 1. The quantitative estimate of drug-likeness (QED) is 0.353. The maximum Gasteiger partial charge on any atom is 0.331 e. The molecule has 3 N–H and O–H groups in total. The molecule has 2 unspecified atom stereocenters. The number of nitrogens with one attached hydrogen (secondary N) is 2. The topological polar surface area (TPSA) is 98.7 Å². The van der Waals surface area contributed by atoms with Gasteiger partial charge in [0.15, 0.2) is 0 Å². The van der Waals surface area contributed by atoms with Gasteiger partial charge in [-0.2, -0.15) is 12.6 Å². The number of amides is 2. The molecule has 0 aliphatic carbocycles. The van der Waals surface area contributed by atoms with E-state index in [0.29, 0.717) is 12.2 Å². The van der Waals surface area contributed by atoms with Crippen LogP contribution in [0.4, 0.5) is 0 Å². The van der Waals surface area contributed by atoms with Gasteiger partial charge >= 0.3 is 5.97 Å². The molecule has 0 bridgehead atoms. The first-order valence-corrected chi connectivity index (χ1v) is 9.19. The summed E-state index contributed by atoms with van der Waals surface area (Å²) in [5, 5.41) is 14.8. The molecule has 0 aliphatic rings. The number of hydrogen-bond acceptors (Lipinski definition) is 5. The van der Waals surface area contributed by atoms with Crippen LogP contribution in [0.25, 0.3) is 0 Å². The number of hydrogen-bond donors (Lipinski definition) is 4. The van der Waals surface area contributed by atoms with E-state index in [0.717, 1.165) is 0 Å². The van der Waals surface area contributed by atoms with E-state index in [-0.39, 0.29) is 23.9 Å². The van der Waals surface area contributed by atoms with Crippen molar-refractivity contribution in [3.63, 3.8) is 0 Å². The Kier molecular flexibility index (Phi) is 9.38. The number of carbonyl (C=O) groups is 3. The fraction of sp³-hybridized carbons (Fsp3) is 0.722. The smallest absolute Gasteiger partial charge is 0.331 e. The number of likely N-dealkylation sites (N-methyl/N-ethyl adjacent to an activating group) is 2. The van der Waals surface area contributed by atoms with Crippen molar-refractivity contribution in [2.75, 3.05) is 26.4 Å². The van der Waals surface area contributed by atoms with E-state index in [1.807, 2.05) is 20.8 Å². The van der Waals surface area contributed by atoms with Crippen LogP contribution in [0.3, 0.4) is 0 Å². The number of rotatable bonds is 9. The van der Waals surface area contributed by atoms with Crippen molar-refractivity contribution in [3.05, 3.63) is 11.6 Å². The third-order valence-electron chi connectivity index (χ3n) is 4.44. The van der Waals surface area contributed by atoms with E-state index in [9.17, 15) is 14.4 Å². The summed E-state index contributed by atoms with van der Waals surface area (Å²) >= 11 is 4.20. The summed E-state index contributed by atoms with van der Waals surface area (Å²) in [4.78, 5) is 37.9. The van der Waals surface area contributed by atoms with E-state index in [1.165, 1.54) is 17.9 Å². The van der Waals surface area contributed by atoms with Gasteiger partial charge in [0.05, 0.1) is 5.54 Å². The number of thiol groups is 1. The maximum atomic E-state index is 12.9. The monoisotopic (exact) mass is 387 g/mol. The SMILES string of the molecule is CNC(C)(CCS)C(=O)NC(C(=O)N(C)C/C=C(\C)C(=O)O)C(C)(C)C. The average molecular weight is 388 g/mol. The molecule has 2 amide bonds. The lowest BCUT2D eigenvalue weighted by Gasteiger charge is -2.36. The predicted molar refractivity (Wildman–Crippen MR) is 106 cm³/mol. The molecule has 0 aliphatic heterocycles. The van der Waals surface area contributed by atoms with Crippen LogP contribution >= 0.6 is 12.6 Å². The highest BCUT2D eigenvalue weighted by Crippen LogP contribution is 2.22. The van der Waals surface area contributed by atoms with Gasteiger partial charge in [0.1, 0.15) is 6.04 Å². The molecule has 0 rings (SSSR count). The summed E-state index contributed by atoms with van der Waals surface area (Å²) in [5.74, 6) is -1.04. The molecule has 0 saturated carbocycles. The van der Waals surface area contributed by atoms with Crippen LogP contribution < -0.4 is 10.6 Å². The first kappa shape index (κ1) is 24.5. The van der Waals surface area contributed by atoms with Gasteiger partial charge in [-0.3, -0.25) is 9.59 Å². The Morgan fingerprint density at radius 2 is 1.77 bits per heavy atom. The molecular weight excluding hydrogens is 354 g/mol. The number of aliphatic carboxylic acids is 1. The van der Waals surface area contributed by atoms with Crippen LogP contribution in [0.2, 0.25) is 0 Å². The van der Waals surface area contributed by atoms with Gasteiger partial charge < -0.3 is 20.6 Å². The van der Waals surface area contributed by atoms with E-state index >= 15 is 0 Å². The van der Waals surface area contributed by atoms with Crippen molar-refractivity contribution in [3.8, 4) is 0 Å². The Balaban J connectivity index is 5.39. The van der Waals surface area contributed by atoms with E-state index in [4.69, 9.17) is 5.11 Å². The number of nitrogens with zero attached hydrogens (tertiary/aromatic N) is 1. The minimum atomic E-state index is -1.02. The highest BCUT2D eigenvalue weighted by atomic mass is 32.1. The average Bonchev–Trinajstić information content (AvgIpc) is 2.54. The fourth-order valence-electron chi connectivity index (χ4n) is 2.19. The van der Waals surface area contributed by atoms with Gasteiger partial charge in [0.25, 0.3) is 0 Å². The largest absolute Gasteiger partial charge is 0.478 e. The lowest BCUT2D eigenvalue weighted by atomic mass is 9.84. The molecular formula is C18H33N3O4S. The van der Waals surface area contributed by atoms with Gasteiger partial charge in [-0.1, -0.05) is 26.8 Å². The van der Waals surface area contributed by atoms with Crippen molar-refractivity contribution in [2.24, 2.45) is 5.41 Å². The van der Waals surface area contributed by atoms with Crippen molar-refractivity contribution >= 4 is 30.4 Å². The predicted octanol–water partition coefficient (Wildman–Crippen LogP) is 1.30. The van der Waals surface area contributed by atoms with Gasteiger partial charge in [-0.15, -0.1) is 0 Å². The first-order valence-electron chi connectivity index (χ1n) is 8.56. The zero-order valence-electron chi connectivity index (χ0n) is 16.8. The molecule has 150 valence electrons. The lowest BCUT2D eigenvalue weighted by molar-refractivity contribution is -0.139. The highest BCUT2D eigenvalue weighted by molar-refractivity contribution is 7.80. The van der Waals surface area contributed by atoms with Crippen LogP contribution in [-0.4, -0.2) is 65.8 Å². The van der Waals surface area contributed by atoms with Gasteiger partial charge in [0, 0.05) is 19.2 Å². The number of carbonyl (C=O) groups excluding carboxylic acids is 2. The second-order valence-electron chi connectivity index (χ2n) is 7.74. The van der Waals surface area contributed by atoms with Crippen LogP contribution in [0.5, 0.6) is 0 Å². The highest BCUT2D eigenvalue weighted by Gasteiger charge is 2.39. The van der Waals surface area contributed by atoms with Gasteiger partial charge in [0.2, 0.25) is 11.8 Å². The normalized spacial score (nSPS) is 15.8. The minimum Gasteiger partial charge on any atom is -0.478 e. The molecule has 0 fully saturated rings. The second kappa shape index (κ2) is 9.97. The molecule has 0 aromatic heterocycles. The Hall–Kier alpha value is -1.54. The Morgan fingerprint density at radius 1 is 1.23 bits per heavy atom. The molecule has 0 radical (unpaired) electrons. The molecule has 0 heterocycles. The van der Waals surface area contributed by atoms with E-state index < -0.39 is 23.0 Å². The molecule has 0 aromatic carbocycles. The van der Waals surface area contributed by atoms with Crippen LogP contribution in [0.15, 0.2) is 11.6 Å².